The minimum absolute atomic E-state index is 0.310. The summed E-state index contributed by atoms with van der Waals surface area (Å²) in [6.45, 7) is 7.83. The van der Waals surface area contributed by atoms with Gasteiger partial charge in [-0.15, -0.1) is 0 Å². The van der Waals surface area contributed by atoms with E-state index in [1.807, 2.05) is 38.1 Å². The van der Waals surface area contributed by atoms with Crippen LogP contribution in [0, 0.1) is 13.8 Å². The lowest BCUT2D eigenvalue weighted by atomic mass is 10.1. The Bertz CT molecular complexity index is 755. The summed E-state index contributed by atoms with van der Waals surface area (Å²) in [5.41, 5.74) is 2.98. The smallest absolute Gasteiger partial charge is 0.324 e. The Hall–Kier alpha value is -2.67. The normalized spacial score (nSPS) is 15.1. The van der Waals surface area contributed by atoms with Crippen molar-refractivity contribution in [3.63, 3.8) is 0 Å². The number of likely N-dealkylation sites (N-methyl/N-ethyl adjacent to an activating group) is 1. The van der Waals surface area contributed by atoms with Gasteiger partial charge in [0.1, 0.15) is 18.0 Å². The van der Waals surface area contributed by atoms with Crippen molar-refractivity contribution in [3.05, 3.63) is 41.7 Å². The number of nitrogens with one attached hydrogen (secondary N) is 2. The molecule has 1 aliphatic rings. The minimum atomic E-state index is -0.310. The highest BCUT2D eigenvalue weighted by atomic mass is 16.2. The second kappa shape index (κ2) is 7.48. The van der Waals surface area contributed by atoms with Crippen LogP contribution in [0.25, 0.3) is 0 Å². The van der Waals surface area contributed by atoms with Crippen LogP contribution in [0.5, 0.6) is 0 Å². The predicted molar refractivity (Wildman–Crippen MR) is 100 cm³/mol. The predicted octanol–water partition coefficient (Wildman–Crippen LogP) is 2.49. The first-order valence-corrected chi connectivity index (χ1v) is 8.42. The summed E-state index contributed by atoms with van der Waals surface area (Å²) in [5.74, 6) is 1.33. The van der Waals surface area contributed by atoms with Crippen molar-refractivity contribution in [1.29, 1.82) is 0 Å². The summed E-state index contributed by atoms with van der Waals surface area (Å²) in [6.07, 6.45) is 1.49. The highest BCUT2D eigenvalue weighted by Gasteiger charge is 2.16. The number of piperazine rings is 1. The Morgan fingerprint density at radius 2 is 1.80 bits per heavy atom. The number of aryl methyl sites for hydroxylation is 2. The molecule has 25 heavy (non-hydrogen) atoms. The molecular weight excluding hydrogens is 316 g/mol. The molecule has 0 saturated carbocycles. The molecule has 1 aromatic carbocycles. The molecule has 1 saturated heterocycles. The molecular formula is C18H24N6O. The van der Waals surface area contributed by atoms with E-state index in [1.54, 1.807) is 0 Å². The van der Waals surface area contributed by atoms with E-state index in [9.17, 15) is 4.79 Å². The van der Waals surface area contributed by atoms with Gasteiger partial charge in [0.05, 0.1) is 0 Å². The van der Waals surface area contributed by atoms with Gasteiger partial charge in [-0.1, -0.05) is 17.7 Å². The third-order valence-corrected chi connectivity index (χ3v) is 4.35. The van der Waals surface area contributed by atoms with Gasteiger partial charge < -0.3 is 15.1 Å². The molecule has 0 atom stereocenters. The number of aromatic nitrogens is 2. The summed E-state index contributed by atoms with van der Waals surface area (Å²) < 4.78 is 0. The molecule has 2 N–H and O–H groups in total. The van der Waals surface area contributed by atoms with Crippen molar-refractivity contribution in [2.75, 3.05) is 48.8 Å². The van der Waals surface area contributed by atoms with Gasteiger partial charge in [-0.2, -0.15) is 0 Å². The van der Waals surface area contributed by atoms with Crippen LogP contribution in [0.4, 0.5) is 22.1 Å². The summed E-state index contributed by atoms with van der Waals surface area (Å²) >= 11 is 0. The van der Waals surface area contributed by atoms with Crippen molar-refractivity contribution in [2.45, 2.75) is 13.8 Å². The number of rotatable bonds is 3. The molecule has 2 aromatic rings. The maximum Gasteiger partial charge on any atom is 0.324 e. The summed E-state index contributed by atoms with van der Waals surface area (Å²) in [7, 11) is 2.11. The maximum absolute atomic E-state index is 12.2. The fourth-order valence-corrected chi connectivity index (χ4v) is 2.85. The second-order valence-corrected chi connectivity index (χ2v) is 6.45. The lowest BCUT2D eigenvalue weighted by Crippen LogP contribution is -2.44. The summed E-state index contributed by atoms with van der Waals surface area (Å²) in [5, 5.41) is 5.64. The van der Waals surface area contributed by atoms with Gasteiger partial charge in [0.25, 0.3) is 0 Å². The van der Waals surface area contributed by atoms with Crippen LogP contribution in [0.3, 0.4) is 0 Å². The lowest BCUT2D eigenvalue weighted by molar-refractivity contribution is 0.262. The van der Waals surface area contributed by atoms with Gasteiger partial charge >= 0.3 is 6.03 Å². The molecule has 1 aromatic heterocycles. The van der Waals surface area contributed by atoms with E-state index in [0.29, 0.717) is 5.82 Å². The molecule has 0 aliphatic carbocycles. The summed E-state index contributed by atoms with van der Waals surface area (Å²) in [6, 6.07) is 7.41. The second-order valence-electron chi connectivity index (χ2n) is 6.45. The van der Waals surface area contributed by atoms with Crippen molar-refractivity contribution in [3.8, 4) is 0 Å². The highest BCUT2D eigenvalue weighted by molar-refractivity contribution is 5.99. The third-order valence-electron chi connectivity index (χ3n) is 4.35. The standard InChI is InChI=1S/C18H24N6O/c1-13-4-5-15(14(2)10-13)21-18(25)22-16-11-17(20-12-19-16)24-8-6-23(3)7-9-24/h4-5,10-12H,6-9H2,1-3H3,(H2,19,20,21,22,25). The minimum Gasteiger partial charge on any atom is -0.354 e. The Morgan fingerprint density at radius 3 is 2.52 bits per heavy atom. The Labute approximate surface area is 148 Å². The number of carbonyl (C=O) groups is 1. The fourth-order valence-electron chi connectivity index (χ4n) is 2.85. The number of carbonyl (C=O) groups excluding carboxylic acids is 1. The fraction of sp³-hybridized carbons (Fsp3) is 0.389. The monoisotopic (exact) mass is 340 g/mol. The van der Waals surface area contributed by atoms with Gasteiger partial charge in [0.15, 0.2) is 0 Å². The number of hydrogen-bond donors (Lipinski definition) is 2. The topological polar surface area (TPSA) is 73.4 Å². The molecule has 7 nitrogen and oxygen atoms in total. The van der Waals surface area contributed by atoms with Gasteiger partial charge in [-0.05, 0) is 32.5 Å². The van der Waals surface area contributed by atoms with Crippen LogP contribution in [0.2, 0.25) is 0 Å². The van der Waals surface area contributed by atoms with E-state index in [-0.39, 0.29) is 6.03 Å². The van der Waals surface area contributed by atoms with Crippen LogP contribution in [0.1, 0.15) is 11.1 Å². The van der Waals surface area contributed by atoms with E-state index < -0.39 is 0 Å². The largest absolute Gasteiger partial charge is 0.354 e. The zero-order valence-electron chi connectivity index (χ0n) is 14.9. The van der Waals surface area contributed by atoms with Gasteiger partial charge in [0.2, 0.25) is 0 Å². The van der Waals surface area contributed by atoms with Gasteiger partial charge in [-0.25, -0.2) is 14.8 Å². The Balaban J connectivity index is 1.64. The molecule has 1 fully saturated rings. The first kappa shape index (κ1) is 17.2. The van der Waals surface area contributed by atoms with Gasteiger partial charge in [-0.3, -0.25) is 5.32 Å². The molecule has 0 bridgehead atoms. The van der Waals surface area contributed by atoms with E-state index in [2.05, 4.69) is 37.4 Å². The summed E-state index contributed by atoms with van der Waals surface area (Å²) in [4.78, 5) is 25.2. The SMILES string of the molecule is Cc1ccc(NC(=O)Nc2cc(N3CCN(C)CC3)ncn2)c(C)c1. The van der Waals surface area contributed by atoms with E-state index >= 15 is 0 Å². The molecule has 3 rings (SSSR count). The van der Waals surface area contributed by atoms with E-state index in [1.165, 1.54) is 6.33 Å². The number of hydrogen-bond acceptors (Lipinski definition) is 5. The number of nitrogens with zero attached hydrogens (tertiary/aromatic N) is 4. The molecule has 0 unspecified atom stereocenters. The number of anilines is 3. The van der Waals surface area contributed by atoms with Crippen LogP contribution >= 0.6 is 0 Å². The third kappa shape index (κ3) is 4.45. The number of urea groups is 1. The molecule has 7 heteroatoms. The number of benzene rings is 1. The molecule has 132 valence electrons. The first-order valence-electron chi connectivity index (χ1n) is 8.42. The van der Waals surface area contributed by atoms with Crippen LogP contribution in [0.15, 0.2) is 30.6 Å². The lowest BCUT2D eigenvalue weighted by Gasteiger charge is -2.33. The average Bonchev–Trinajstić information content (AvgIpc) is 2.58. The quantitative estimate of drug-likeness (QED) is 0.898. The molecule has 2 heterocycles. The zero-order valence-corrected chi connectivity index (χ0v) is 14.9. The average molecular weight is 340 g/mol. The highest BCUT2D eigenvalue weighted by Crippen LogP contribution is 2.18. The maximum atomic E-state index is 12.2. The van der Waals surface area contributed by atoms with Crippen LogP contribution in [-0.4, -0.2) is 54.1 Å². The molecule has 2 amide bonds. The Kier molecular flexibility index (Phi) is 5.14. The van der Waals surface area contributed by atoms with E-state index in [0.717, 1.165) is 48.8 Å². The van der Waals surface area contributed by atoms with Crippen molar-refractivity contribution in [1.82, 2.24) is 14.9 Å². The van der Waals surface area contributed by atoms with Crippen LogP contribution in [-0.2, 0) is 0 Å². The molecule has 0 spiro atoms. The van der Waals surface area contributed by atoms with Crippen molar-refractivity contribution in [2.24, 2.45) is 0 Å². The van der Waals surface area contributed by atoms with Gasteiger partial charge in [0, 0.05) is 37.9 Å². The Morgan fingerprint density at radius 1 is 1.04 bits per heavy atom. The molecule has 0 radical (unpaired) electrons. The van der Waals surface area contributed by atoms with Crippen molar-refractivity contribution >= 4 is 23.4 Å². The van der Waals surface area contributed by atoms with E-state index in [4.69, 9.17) is 0 Å². The zero-order chi connectivity index (χ0) is 17.8. The number of amides is 2. The van der Waals surface area contributed by atoms with Crippen molar-refractivity contribution < 1.29 is 4.79 Å². The first-order chi connectivity index (χ1) is 12.0. The molecule has 1 aliphatic heterocycles. The van der Waals surface area contributed by atoms with Crippen LogP contribution < -0.4 is 15.5 Å².